The lowest BCUT2D eigenvalue weighted by Gasteiger charge is -2.20. The Bertz CT molecular complexity index is 1470. The molecule has 0 radical (unpaired) electrons. The molecule has 5 atom stereocenters. The van der Waals surface area contributed by atoms with E-state index in [0.717, 1.165) is 57.8 Å². The molecule has 0 aliphatic heterocycles. The number of carbonyl (C=O) groups is 2. The molecule has 0 aromatic carbocycles. The number of hydrogen-bond acceptors (Lipinski definition) is 12. The first-order chi connectivity index (χ1) is 30.2. The minimum atomic E-state index is -4.89. The predicted molar refractivity (Wildman–Crippen MR) is 246 cm³/mol. The van der Waals surface area contributed by atoms with Crippen molar-refractivity contribution in [2.75, 3.05) is 26.4 Å². The van der Waals surface area contributed by atoms with Crippen LogP contribution >= 0.6 is 15.6 Å². The minimum Gasteiger partial charge on any atom is -0.462 e. The Morgan fingerprint density at radius 3 is 1.67 bits per heavy atom. The first-order valence-corrected chi connectivity index (χ1v) is 25.5. The fourth-order valence-corrected chi connectivity index (χ4v) is 6.64. The third-order valence-corrected chi connectivity index (χ3v) is 10.4. The first-order valence-electron chi connectivity index (χ1n) is 22.5. The Balaban J connectivity index is 4.73. The van der Waals surface area contributed by atoms with Crippen molar-refractivity contribution in [3.8, 4) is 0 Å². The van der Waals surface area contributed by atoms with Gasteiger partial charge >= 0.3 is 27.6 Å². The molecule has 0 aliphatic rings. The smallest absolute Gasteiger partial charge is 0.462 e. The Morgan fingerprint density at radius 1 is 0.540 bits per heavy atom. The monoisotopic (exact) mass is 932 g/mol. The highest BCUT2D eigenvalue weighted by Gasteiger charge is 2.28. The molecule has 0 spiro atoms. The van der Waals surface area contributed by atoms with E-state index >= 15 is 0 Å². The first kappa shape index (κ1) is 60.2. The van der Waals surface area contributed by atoms with Crippen LogP contribution in [0.2, 0.25) is 0 Å². The summed E-state index contributed by atoms with van der Waals surface area (Å²) in [6.45, 7) is 1.34. The SMILES string of the molecule is CC/C=C\C[C@@H](O)/C=C/C=C\C=C\[C@@H](O)C/C=C\C/C=C\CCC(=O)OC[C@H](COP(=O)(O)OC[C@@H](O)COP(=O)(O)O)OC(=O)CCCCCCCCC/C=C\CCCCCC. The van der Waals surface area contributed by atoms with Gasteiger partial charge in [0.2, 0.25) is 0 Å². The van der Waals surface area contributed by atoms with Crippen molar-refractivity contribution >= 4 is 27.6 Å². The number of esters is 2. The standard InChI is InChI=1S/C46H78O15P2/c1-3-5-7-8-9-10-11-12-13-14-15-16-17-22-30-36-46(51)61-44(40-60-63(55,56)59-38-43(49)37-58-62(52,53)54)39-57-45(50)35-29-21-19-18-20-26-32-42(48)34-28-24-23-27-33-41(47)31-25-6-4-2/h6,10-11,19-21,23-28,33-34,41-44,47-49H,3-5,7-9,12-18,22,29-32,35-40H2,1-2H3,(H,55,56)(H2,52,53,54)/b11-10-,21-19-,24-23-,25-6-,26-20-,33-27+,34-28+/t41-,42+,43+,44-/m1/s1. The van der Waals surface area contributed by atoms with E-state index in [2.05, 4.69) is 28.1 Å². The molecular formula is C46H78O15P2. The number of aliphatic hydroxyl groups excluding tert-OH is 3. The highest BCUT2D eigenvalue weighted by molar-refractivity contribution is 7.47. The third kappa shape index (κ3) is 44.2. The summed E-state index contributed by atoms with van der Waals surface area (Å²) >= 11 is 0. The molecule has 0 saturated heterocycles. The van der Waals surface area contributed by atoms with Crippen LogP contribution in [-0.4, -0.2) is 92.8 Å². The zero-order valence-corrected chi connectivity index (χ0v) is 39.4. The average molecular weight is 933 g/mol. The fraction of sp³-hybridized carbons (Fsp3) is 0.652. The summed E-state index contributed by atoms with van der Waals surface area (Å²) in [6, 6.07) is 0. The van der Waals surface area contributed by atoms with Gasteiger partial charge in [-0.05, 0) is 64.2 Å². The number of aliphatic hydroxyl groups is 3. The van der Waals surface area contributed by atoms with Crippen LogP contribution in [0.25, 0.3) is 0 Å². The number of allylic oxidation sites excluding steroid dienone is 10. The second-order valence-corrected chi connectivity index (χ2v) is 17.7. The lowest BCUT2D eigenvalue weighted by atomic mass is 10.1. The van der Waals surface area contributed by atoms with Crippen LogP contribution in [0, 0.1) is 0 Å². The summed E-state index contributed by atoms with van der Waals surface area (Å²) in [6.07, 6.45) is 39.3. The van der Waals surface area contributed by atoms with Gasteiger partial charge in [-0.2, -0.15) is 0 Å². The molecule has 0 saturated carbocycles. The number of phosphoric ester groups is 2. The molecule has 63 heavy (non-hydrogen) atoms. The molecule has 0 amide bonds. The minimum absolute atomic E-state index is 0.00875. The number of rotatable bonds is 41. The zero-order valence-electron chi connectivity index (χ0n) is 37.6. The predicted octanol–water partition coefficient (Wildman–Crippen LogP) is 9.50. The van der Waals surface area contributed by atoms with Gasteiger partial charge in [0.1, 0.15) is 12.7 Å². The van der Waals surface area contributed by atoms with Gasteiger partial charge in [0.25, 0.3) is 0 Å². The number of ether oxygens (including phenoxy) is 2. The van der Waals surface area contributed by atoms with Crippen LogP contribution in [0.5, 0.6) is 0 Å². The molecule has 0 rings (SSSR count). The van der Waals surface area contributed by atoms with Gasteiger partial charge in [0, 0.05) is 12.8 Å². The van der Waals surface area contributed by atoms with Crippen LogP contribution in [0.4, 0.5) is 0 Å². The van der Waals surface area contributed by atoms with E-state index in [0.29, 0.717) is 32.1 Å². The van der Waals surface area contributed by atoms with Gasteiger partial charge in [0.15, 0.2) is 6.10 Å². The topological polar surface area (TPSA) is 236 Å². The lowest BCUT2D eigenvalue weighted by Crippen LogP contribution is -2.29. The van der Waals surface area contributed by atoms with Crippen LogP contribution in [-0.2, 0) is 41.8 Å². The van der Waals surface area contributed by atoms with E-state index in [1.807, 2.05) is 37.3 Å². The molecule has 0 aromatic rings. The van der Waals surface area contributed by atoms with E-state index in [4.69, 9.17) is 23.8 Å². The Morgan fingerprint density at radius 2 is 1.06 bits per heavy atom. The summed E-state index contributed by atoms with van der Waals surface area (Å²) in [4.78, 5) is 52.7. The molecule has 15 nitrogen and oxygen atoms in total. The summed E-state index contributed by atoms with van der Waals surface area (Å²) in [5.74, 6) is -1.21. The van der Waals surface area contributed by atoms with E-state index < -0.39 is 78.4 Å². The normalized spacial score (nSPS) is 15.7. The van der Waals surface area contributed by atoms with Gasteiger partial charge in [-0.15, -0.1) is 0 Å². The van der Waals surface area contributed by atoms with Crippen molar-refractivity contribution in [1.29, 1.82) is 0 Å². The van der Waals surface area contributed by atoms with Crippen LogP contribution < -0.4 is 0 Å². The lowest BCUT2D eigenvalue weighted by molar-refractivity contribution is -0.161. The largest absolute Gasteiger partial charge is 0.472 e. The van der Waals surface area contributed by atoms with Crippen molar-refractivity contribution in [3.63, 3.8) is 0 Å². The Kier molecular flexibility index (Phi) is 38.9. The van der Waals surface area contributed by atoms with Gasteiger partial charge in [0.05, 0.1) is 32.0 Å². The van der Waals surface area contributed by atoms with E-state index in [-0.39, 0.29) is 12.8 Å². The summed E-state index contributed by atoms with van der Waals surface area (Å²) in [5, 5.41) is 29.7. The molecule has 0 aromatic heterocycles. The van der Waals surface area contributed by atoms with Crippen molar-refractivity contribution in [1.82, 2.24) is 0 Å². The van der Waals surface area contributed by atoms with Crippen molar-refractivity contribution < 1.29 is 71.8 Å². The molecule has 0 bridgehead atoms. The van der Waals surface area contributed by atoms with Gasteiger partial charge < -0.3 is 39.5 Å². The molecule has 6 N–H and O–H groups in total. The summed E-state index contributed by atoms with van der Waals surface area (Å²) in [5.41, 5.74) is 0. The van der Waals surface area contributed by atoms with E-state index in [9.17, 15) is 38.9 Å². The zero-order chi connectivity index (χ0) is 46.9. The Labute approximate surface area is 376 Å². The number of hydrogen-bond donors (Lipinski definition) is 6. The molecule has 0 aliphatic carbocycles. The second-order valence-electron chi connectivity index (χ2n) is 15.0. The summed E-state index contributed by atoms with van der Waals surface area (Å²) in [7, 11) is -9.74. The molecule has 362 valence electrons. The maximum Gasteiger partial charge on any atom is 0.472 e. The van der Waals surface area contributed by atoms with Gasteiger partial charge in [-0.25, -0.2) is 9.13 Å². The highest BCUT2D eigenvalue weighted by Crippen LogP contribution is 2.43. The molecule has 0 heterocycles. The quantitative estimate of drug-likeness (QED) is 0.0110. The van der Waals surface area contributed by atoms with Gasteiger partial charge in [-0.1, -0.05) is 150 Å². The van der Waals surface area contributed by atoms with Crippen LogP contribution in [0.15, 0.2) is 85.1 Å². The summed E-state index contributed by atoms with van der Waals surface area (Å²) < 4.78 is 47.6. The van der Waals surface area contributed by atoms with E-state index in [1.54, 1.807) is 42.5 Å². The number of unbranched alkanes of at least 4 members (excludes halogenated alkanes) is 11. The molecular weight excluding hydrogens is 854 g/mol. The van der Waals surface area contributed by atoms with E-state index in [1.165, 1.54) is 25.7 Å². The van der Waals surface area contributed by atoms with Crippen molar-refractivity contribution in [3.05, 3.63) is 85.1 Å². The number of phosphoric acid groups is 2. The molecule has 17 heteroatoms. The van der Waals surface area contributed by atoms with Crippen molar-refractivity contribution in [2.45, 2.75) is 167 Å². The maximum atomic E-state index is 12.7. The molecule has 1 unspecified atom stereocenters. The third-order valence-electron chi connectivity index (χ3n) is 8.94. The highest BCUT2D eigenvalue weighted by atomic mass is 31.2. The van der Waals surface area contributed by atoms with Crippen LogP contribution in [0.1, 0.15) is 142 Å². The van der Waals surface area contributed by atoms with Gasteiger partial charge in [-0.3, -0.25) is 23.2 Å². The average Bonchev–Trinajstić information content (AvgIpc) is 3.23. The number of carbonyl (C=O) groups excluding carboxylic acids is 2. The molecule has 0 fully saturated rings. The second kappa shape index (κ2) is 40.7. The van der Waals surface area contributed by atoms with Crippen molar-refractivity contribution in [2.24, 2.45) is 0 Å². The maximum absolute atomic E-state index is 12.7. The van der Waals surface area contributed by atoms with Crippen LogP contribution in [0.3, 0.4) is 0 Å². The Hall–Kier alpha value is -2.78. The fourth-order valence-electron chi connectivity index (χ4n) is 5.48.